The summed E-state index contributed by atoms with van der Waals surface area (Å²) in [7, 11) is 0. The van der Waals surface area contributed by atoms with Crippen LogP contribution in [0.5, 0.6) is 0 Å². The van der Waals surface area contributed by atoms with Gasteiger partial charge in [-0.15, -0.1) is 0 Å². The van der Waals surface area contributed by atoms with Gasteiger partial charge in [-0.3, -0.25) is 4.79 Å². The Morgan fingerprint density at radius 2 is 2.00 bits per heavy atom. The van der Waals surface area contributed by atoms with Crippen molar-refractivity contribution in [2.75, 3.05) is 13.2 Å². The summed E-state index contributed by atoms with van der Waals surface area (Å²) < 4.78 is 5.23. The van der Waals surface area contributed by atoms with Crippen molar-refractivity contribution in [2.24, 2.45) is 5.92 Å². The molecule has 0 saturated carbocycles. The summed E-state index contributed by atoms with van der Waals surface area (Å²) in [4.78, 5) is 11.3. The lowest BCUT2D eigenvalue weighted by Crippen LogP contribution is -2.12. The lowest BCUT2D eigenvalue weighted by atomic mass is 10.0. The summed E-state index contributed by atoms with van der Waals surface area (Å²) in [6, 6.07) is 0. The van der Waals surface area contributed by atoms with E-state index in [2.05, 4.69) is 6.92 Å². The molecule has 2 heteroatoms. The Kier molecular flexibility index (Phi) is 7.06. The highest BCUT2D eigenvalue weighted by molar-refractivity contribution is 5.80. The maximum absolute atomic E-state index is 11.3. The van der Waals surface area contributed by atoms with Crippen LogP contribution < -0.4 is 0 Å². The van der Waals surface area contributed by atoms with Crippen molar-refractivity contribution in [2.45, 2.75) is 40.0 Å². The third-order valence-corrected chi connectivity index (χ3v) is 2.00. The maximum atomic E-state index is 11.3. The fraction of sp³-hybridized carbons (Fsp3) is 0.900. The van der Waals surface area contributed by atoms with Gasteiger partial charge in [-0.1, -0.05) is 20.8 Å². The van der Waals surface area contributed by atoms with Crippen molar-refractivity contribution in [1.29, 1.82) is 0 Å². The number of ether oxygens (including phenoxy) is 1. The van der Waals surface area contributed by atoms with Gasteiger partial charge >= 0.3 is 0 Å². The van der Waals surface area contributed by atoms with Crippen molar-refractivity contribution in [3.8, 4) is 0 Å². The Labute approximate surface area is 75.3 Å². The molecule has 0 aliphatic rings. The normalized spacial score (nSPS) is 12.9. The number of carbonyl (C=O) groups excluding carboxylic acids is 1. The van der Waals surface area contributed by atoms with Gasteiger partial charge in [-0.25, -0.2) is 0 Å². The molecule has 0 radical (unpaired) electrons. The molecule has 0 bridgehead atoms. The number of rotatable bonds is 7. The van der Waals surface area contributed by atoms with Crippen LogP contribution in [0.25, 0.3) is 0 Å². The second-order valence-electron chi connectivity index (χ2n) is 3.14. The molecule has 0 saturated heterocycles. The molecule has 0 fully saturated rings. The topological polar surface area (TPSA) is 26.3 Å². The lowest BCUT2D eigenvalue weighted by molar-refractivity contribution is -0.123. The number of hydrogen-bond donors (Lipinski definition) is 0. The van der Waals surface area contributed by atoms with E-state index in [0.717, 1.165) is 19.4 Å². The second-order valence-corrected chi connectivity index (χ2v) is 3.14. The summed E-state index contributed by atoms with van der Waals surface area (Å²) in [5.74, 6) is 0.531. The van der Waals surface area contributed by atoms with Crippen molar-refractivity contribution in [3.63, 3.8) is 0 Å². The van der Waals surface area contributed by atoms with E-state index in [9.17, 15) is 4.79 Å². The van der Waals surface area contributed by atoms with Gasteiger partial charge in [0.1, 0.15) is 5.78 Å². The zero-order valence-corrected chi connectivity index (χ0v) is 8.43. The Balaban J connectivity index is 3.31. The van der Waals surface area contributed by atoms with E-state index in [-0.39, 0.29) is 5.92 Å². The monoisotopic (exact) mass is 172 g/mol. The standard InChI is InChI=1S/C10H20O2/c1-4-7-12-8-6-10(11)9(3)5-2/h9H,4-8H2,1-3H3. The first-order chi connectivity index (χ1) is 5.72. The number of ketones is 1. The molecule has 0 aromatic heterocycles. The van der Waals surface area contributed by atoms with E-state index in [1.165, 1.54) is 0 Å². The molecule has 72 valence electrons. The molecule has 0 aliphatic heterocycles. The summed E-state index contributed by atoms with van der Waals surface area (Å²) in [5, 5.41) is 0. The molecule has 12 heavy (non-hydrogen) atoms. The number of Topliss-reactive ketones (excluding diaryl/α,β-unsaturated/α-hetero) is 1. The van der Waals surface area contributed by atoms with Crippen LogP contribution in [0.1, 0.15) is 40.0 Å². The number of carbonyl (C=O) groups is 1. The van der Waals surface area contributed by atoms with E-state index in [1.54, 1.807) is 0 Å². The zero-order chi connectivity index (χ0) is 9.40. The summed E-state index contributed by atoms with van der Waals surface area (Å²) in [5.41, 5.74) is 0. The van der Waals surface area contributed by atoms with Crippen molar-refractivity contribution < 1.29 is 9.53 Å². The van der Waals surface area contributed by atoms with Gasteiger partial charge in [0.2, 0.25) is 0 Å². The smallest absolute Gasteiger partial charge is 0.137 e. The van der Waals surface area contributed by atoms with Crippen LogP contribution in [-0.2, 0) is 9.53 Å². The molecule has 0 N–H and O–H groups in total. The van der Waals surface area contributed by atoms with Crippen LogP contribution >= 0.6 is 0 Å². The predicted octanol–water partition coefficient (Wildman–Crippen LogP) is 2.42. The SMILES string of the molecule is CCCOCCC(=O)C(C)CC. The molecule has 0 spiro atoms. The van der Waals surface area contributed by atoms with Crippen molar-refractivity contribution in [1.82, 2.24) is 0 Å². The Bertz CT molecular complexity index is 121. The average Bonchev–Trinajstić information content (AvgIpc) is 2.10. The van der Waals surface area contributed by atoms with E-state index in [4.69, 9.17) is 4.74 Å². The third-order valence-electron chi connectivity index (χ3n) is 2.00. The van der Waals surface area contributed by atoms with Gasteiger partial charge in [0, 0.05) is 18.9 Å². The van der Waals surface area contributed by atoms with Crippen LogP contribution in [0.2, 0.25) is 0 Å². The largest absolute Gasteiger partial charge is 0.381 e. The van der Waals surface area contributed by atoms with Crippen LogP contribution in [0, 0.1) is 5.92 Å². The van der Waals surface area contributed by atoms with Crippen LogP contribution in [0.15, 0.2) is 0 Å². The first-order valence-corrected chi connectivity index (χ1v) is 4.82. The first-order valence-electron chi connectivity index (χ1n) is 4.82. The van der Waals surface area contributed by atoms with Crippen LogP contribution in [0.3, 0.4) is 0 Å². The van der Waals surface area contributed by atoms with E-state index in [0.29, 0.717) is 18.8 Å². The molecule has 0 rings (SSSR count). The van der Waals surface area contributed by atoms with E-state index >= 15 is 0 Å². The highest BCUT2D eigenvalue weighted by Gasteiger charge is 2.09. The Hall–Kier alpha value is -0.370. The minimum Gasteiger partial charge on any atom is -0.381 e. The minimum atomic E-state index is 0.204. The highest BCUT2D eigenvalue weighted by Crippen LogP contribution is 2.04. The molecule has 0 aromatic rings. The predicted molar refractivity (Wildman–Crippen MR) is 50.2 cm³/mol. The zero-order valence-electron chi connectivity index (χ0n) is 8.43. The van der Waals surface area contributed by atoms with Crippen molar-refractivity contribution >= 4 is 5.78 Å². The van der Waals surface area contributed by atoms with Gasteiger partial charge in [0.15, 0.2) is 0 Å². The first kappa shape index (κ1) is 11.6. The molecule has 0 aliphatic carbocycles. The summed E-state index contributed by atoms with van der Waals surface area (Å²) >= 11 is 0. The Morgan fingerprint density at radius 3 is 2.50 bits per heavy atom. The van der Waals surface area contributed by atoms with Crippen LogP contribution in [0.4, 0.5) is 0 Å². The van der Waals surface area contributed by atoms with Crippen LogP contribution in [-0.4, -0.2) is 19.0 Å². The Morgan fingerprint density at radius 1 is 1.33 bits per heavy atom. The molecule has 1 atom stereocenters. The summed E-state index contributed by atoms with van der Waals surface area (Å²) in [6.45, 7) is 7.44. The van der Waals surface area contributed by atoms with Gasteiger partial charge in [-0.2, -0.15) is 0 Å². The average molecular weight is 172 g/mol. The van der Waals surface area contributed by atoms with Gasteiger partial charge < -0.3 is 4.74 Å². The summed E-state index contributed by atoms with van der Waals surface area (Å²) in [6.07, 6.45) is 2.54. The van der Waals surface area contributed by atoms with Gasteiger partial charge in [-0.05, 0) is 12.8 Å². The quantitative estimate of drug-likeness (QED) is 0.551. The maximum Gasteiger partial charge on any atom is 0.137 e. The number of hydrogen-bond acceptors (Lipinski definition) is 2. The van der Waals surface area contributed by atoms with Gasteiger partial charge in [0.25, 0.3) is 0 Å². The molecular formula is C10H20O2. The molecule has 0 heterocycles. The molecular weight excluding hydrogens is 152 g/mol. The molecule has 0 amide bonds. The van der Waals surface area contributed by atoms with E-state index in [1.807, 2.05) is 13.8 Å². The fourth-order valence-electron chi connectivity index (χ4n) is 0.893. The minimum absolute atomic E-state index is 0.204. The fourth-order valence-corrected chi connectivity index (χ4v) is 0.893. The third kappa shape index (κ3) is 5.30. The van der Waals surface area contributed by atoms with Gasteiger partial charge in [0.05, 0.1) is 6.61 Å². The van der Waals surface area contributed by atoms with E-state index < -0.39 is 0 Å². The second kappa shape index (κ2) is 7.29. The molecule has 0 aromatic carbocycles. The molecule has 2 nitrogen and oxygen atoms in total. The van der Waals surface area contributed by atoms with Crippen molar-refractivity contribution in [3.05, 3.63) is 0 Å². The molecule has 1 unspecified atom stereocenters. The highest BCUT2D eigenvalue weighted by atomic mass is 16.5. The lowest BCUT2D eigenvalue weighted by Gasteiger charge is -2.06.